The fourth-order valence-electron chi connectivity index (χ4n) is 2.23. The van der Waals surface area contributed by atoms with Gasteiger partial charge in [-0.1, -0.05) is 48.5 Å². The van der Waals surface area contributed by atoms with Gasteiger partial charge in [-0.15, -0.1) is 0 Å². The van der Waals surface area contributed by atoms with E-state index in [-0.39, 0.29) is 12.5 Å². The molecule has 0 aliphatic carbocycles. The third kappa shape index (κ3) is 2.80. The number of benzene rings is 2. The Balaban J connectivity index is 1.70. The number of hydrogen-bond donors (Lipinski definition) is 2. The summed E-state index contributed by atoms with van der Waals surface area (Å²) in [4.78, 5) is 12.2. The first-order valence-electron chi connectivity index (χ1n) is 6.73. The Morgan fingerprint density at radius 1 is 1.10 bits per heavy atom. The summed E-state index contributed by atoms with van der Waals surface area (Å²) >= 11 is 0. The maximum absolute atomic E-state index is 12.2. The van der Waals surface area contributed by atoms with Gasteiger partial charge in [-0.05, 0) is 11.6 Å². The molecule has 1 amide bonds. The van der Waals surface area contributed by atoms with Crippen molar-refractivity contribution in [1.82, 2.24) is 5.32 Å². The lowest BCUT2D eigenvalue weighted by atomic mass is 10.1. The van der Waals surface area contributed by atoms with Crippen molar-refractivity contribution in [2.75, 3.05) is 6.54 Å². The molecule has 0 saturated carbocycles. The molecule has 4 heteroatoms. The van der Waals surface area contributed by atoms with Gasteiger partial charge in [0, 0.05) is 11.9 Å². The molecule has 0 saturated heterocycles. The molecule has 3 rings (SSSR count). The van der Waals surface area contributed by atoms with Crippen LogP contribution in [0.15, 0.2) is 65.3 Å². The largest absolute Gasteiger partial charge is 0.463 e. The van der Waals surface area contributed by atoms with Crippen LogP contribution in [0.5, 0.6) is 0 Å². The van der Waals surface area contributed by atoms with E-state index in [0.29, 0.717) is 11.1 Å². The van der Waals surface area contributed by atoms with Gasteiger partial charge < -0.3 is 14.8 Å². The zero-order valence-corrected chi connectivity index (χ0v) is 11.3. The first kappa shape index (κ1) is 13.4. The van der Waals surface area contributed by atoms with Crippen LogP contribution in [0.3, 0.4) is 0 Å². The normalized spacial score (nSPS) is 12.2. The smallest absolute Gasteiger partial charge is 0.255 e. The molecule has 0 radical (unpaired) electrons. The lowest BCUT2D eigenvalue weighted by Gasteiger charge is -2.11. The second-order valence-corrected chi connectivity index (χ2v) is 4.78. The SMILES string of the molecule is O=C(NCC(O)c1ccccc1)c1coc2ccccc12. The first-order valence-corrected chi connectivity index (χ1v) is 6.73. The van der Waals surface area contributed by atoms with E-state index >= 15 is 0 Å². The Labute approximate surface area is 122 Å². The predicted octanol–water partition coefficient (Wildman–Crippen LogP) is 2.90. The molecule has 1 heterocycles. The molecule has 1 unspecified atom stereocenters. The Hall–Kier alpha value is -2.59. The fourth-order valence-corrected chi connectivity index (χ4v) is 2.23. The minimum atomic E-state index is -0.728. The van der Waals surface area contributed by atoms with E-state index in [1.165, 1.54) is 6.26 Å². The Morgan fingerprint density at radius 2 is 1.81 bits per heavy atom. The van der Waals surface area contributed by atoms with E-state index in [1.807, 2.05) is 54.6 Å². The number of rotatable bonds is 4. The third-order valence-electron chi connectivity index (χ3n) is 3.37. The number of para-hydroxylation sites is 1. The number of furan rings is 1. The van der Waals surface area contributed by atoms with E-state index in [2.05, 4.69) is 5.32 Å². The van der Waals surface area contributed by atoms with Crippen LogP contribution in [-0.4, -0.2) is 17.6 Å². The second kappa shape index (κ2) is 5.81. The van der Waals surface area contributed by atoms with Crippen molar-refractivity contribution in [2.45, 2.75) is 6.10 Å². The average molecular weight is 281 g/mol. The molecular formula is C17H15NO3. The Kier molecular flexibility index (Phi) is 3.71. The molecule has 106 valence electrons. The number of carbonyl (C=O) groups excluding carboxylic acids is 1. The van der Waals surface area contributed by atoms with Gasteiger partial charge >= 0.3 is 0 Å². The summed E-state index contributed by atoms with van der Waals surface area (Å²) in [7, 11) is 0. The molecule has 0 spiro atoms. The Bertz CT molecular complexity index is 749. The van der Waals surface area contributed by atoms with Crippen molar-refractivity contribution in [1.29, 1.82) is 0 Å². The highest BCUT2D eigenvalue weighted by Crippen LogP contribution is 2.20. The average Bonchev–Trinajstić information content (AvgIpc) is 2.97. The number of nitrogens with one attached hydrogen (secondary N) is 1. The summed E-state index contributed by atoms with van der Waals surface area (Å²) in [6.07, 6.45) is 0.711. The number of carbonyl (C=O) groups is 1. The summed E-state index contributed by atoms with van der Waals surface area (Å²) in [5.74, 6) is -0.255. The van der Waals surface area contributed by atoms with E-state index in [9.17, 15) is 9.90 Å². The monoisotopic (exact) mass is 281 g/mol. The Morgan fingerprint density at radius 3 is 2.62 bits per heavy atom. The van der Waals surface area contributed by atoms with Crippen LogP contribution in [0.4, 0.5) is 0 Å². The number of aliphatic hydroxyl groups is 1. The van der Waals surface area contributed by atoms with Gasteiger partial charge in [0.2, 0.25) is 0 Å². The number of fused-ring (bicyclic) bond motifs is 1. The molecule has 1 atom stereocenters. The molecule has 4 nitrogen and oxygen atoms in total. The minimum absolute atomic E-state index is 0.155. The predicted molar refractivity (Wildman–Crippen MR) is 79.9 cm³/mol. The van der Waals surface area contributed by atoms with Crippen molar-refractivity contribution in [2.24, 2.45) is 0 Å². The highest BCUT2D eigenvalue weighted by Gasteiger charge is 2.15. The summed E-state index contributed by atoms with van der Waals surface area (Å²) < 4.78 is 5.34. The van der Waals surface area contributed by atoms with Crippen molar-refractivity contribution in [3.63, 3.8) is 0 Å². The molecule has 0 aliphatic rings. The van der Waals surface area contributed by atoms with Gasteiger partial charge in [-0.25, -0.2) is 0 Å². The maximum atomic E-state index is 12.2. The van der Waals surface area contributed by atoms with Gasteiger partial charge in [0.05, 0.1) is 11.7 Å². The quantitative estimate of drug-likeness (QED) is 0.773. The van der Waals surface area contributed by atoms with Gasteiger partial charge in [-0.2, -0.15) is 0 Å². The molecule has 0 bridgehead atoms. The van der Waals surface area contributed by atoms with Crippen molar-refractivity contribution in [3.05, 3.63) is 72.0 Å². The molecule has 3 aromatic rings. The maximum Gasteiger partial charge on any atom is 0.255 e. The second-order valence-electron chi connectivity index (χ2n) is 4.78. The molecular weight excluding hydrogens is 266 g/mol. The van der Waals surface area contributed by atoms with Crippen LogP contribution >= 0.6 is 0 Å². The molecule has 21 heavy (non-hydrogen) atoms. The molecule has 2 aromatic carbocycles. The topological polar surface area (TPSA) is 62.5 Å². The van der Waals surface area contributed by atoms with Crippen molar-refractivity contribution < 1.29 is 14.3 Å². The van der Waals surface area contributed by atoms with E-state index in [0.717, 1.165) is 10.9 Å². The van der Waals surface area contributed by atoms with Crippen molar-refractivity contribution >= 4 is 16.9 Å². The highest BCUT2D eigenvalue weighted by molar-refractivity contribution is 6.05. The van der Waals surface area contributed by atoms with Gasteiger partial charge in [0.1, 0.15) is 11.8 Å². The van der Waals surface area contributed by atoms with Crippen molar-refractivity contribution in [3.8, 4) is 0 Å². The number of hydrogen-bond acceptors (Lipinski definition) is 3. The zero-order valence-electron chi connectivity index (χ0n) is 11.3. The number of aliphatic hydroxyl groups excluding tert-OH is 1. The van der Waals surface area contributed by atoms with E-state index in [1.54, 1.807) is 0 Å². The summed E-state index contributed by atoms with van der Waals surface area (Å²) in [6.45, 7) is 0.155. The van der Waals surface area contributed by atoms with Gasteiger partial charge in [0.25, 0.3) is 5.91 Å². The van der Waals surface area contributed by atoms with Crippen LogP contribution in [0.25, 0.3) is 11.0 Å². The van der Waals surface area contributed by atoms with Crippen LogP contribution in [0.1, 0.15) is 22.0 Å². The molecule has 2 N–H and O–H groups in total. The third-order valence-corrected chi connectivity index (χ3v) is 3.37. The lowest BCUT2D eigenvalue weighted by Crippen LogP contribution is -2.28. The molecule has 1 aromatic heterocycles. The van der Waals surface area contributed by atoms with E-state index in [4.69, 9.17) is 4.42 Å². The summed E-state index contributed by atoms with van der Waals surface area (Å²) in [5, 5.41) is 13.5. The van der Waals surface area contributed by atoms with Crippen LogP contribution in [0, 0.1) is 0 Å². The van der Waals surface area contributed by atoms with Gasteiger partial charge in [-0.3, -0.25) is 4.79 Å². The van der Waals surface area contributed by atoms with Crippen LogP contribution in [0.2, 0.25) is 0 Å². The van der Waals surface area contributed by atoms with E-state index < -0.39 is 6.10 Å². The standard InChI is InChI=1S/C17H15NO3/c19-15(12-6-2-1-3-7-12)10-18-17(20)14-11-21-16-9-5-4-8-13(14)16/h1-9,11,15,19H,10H2,(H,18,20). The number of amides is 1. The summed E-state index contributed by atoms with van der Waals surface area (Å²) in [5.41, 5.74) is 1.92. The molecule has 0 aliphatic heterocycles. The van der Waals surface area contributed by atoms with Crippen LogP contribution in [-0.2, 0) is 0 Å². The lowest BCUT2D eigenvalue weighted by molar-refractivity contribution is 0.0917. The van der Waals surface area contributed by atoms with Gasteiger partial charge in [0.15, 0.2) is 0 Å². The zero-order chi connectivity index (χ0) is 14.7. The fraction of sp³-hybridized carbons (Fsp3) is 0.118. The highest BCUT2D eigenvalue weighted by atomic mass is 16.3. The first-order chi connectivity index (χ1) is 10.3. The van der Waals surface area contributed by atoms with Crippen LogP contribution < -0.4 is 5.32 Å². The summed E-state index contributed by atoms with van der Waals surface area (Å²) in [6, 6.07) is 16.6. The molecule has 0 fully saturated rings. The minimum Gasteiger partial charge on any atom is -0.463 e.